The third-order valence-electron chi connectivity index (χ3n) is 2.63. The molecule has 0 saturated heterocycles. The molecule has 92 valence electrons. The van der Waals surface area contributed by atoms with Crippen LogP contribution in [0.1, 0.15) is 5.56 Å². The lowest BCUT2D eigenvalue weighted by Gasteiger charge is -2.08. The molecule has 1 N–H and O–H groups in total. The second kappa shape index (κ2) is 6.50. The molecule has 0 heterocycles. The Morgan fingerprint density at radius 3 is 2.50 bits per heavy atom. The molecule has 0 aromatic heterocycles. The van der Waals surface area contributed by atoms with E-state index in [2.05, 4.69) is 29.6 Å². The van der Waals surface area contributed by atoms with Crippen molar-refractivity contribution in [3.63, 3.8) is 0 Å². The number of benzene rings is 2. The van der Waals surface area contributed by atoms with Crippen molar-refractivity contribution in [2.45, 2.75) is 0 Å². The van der Waals surface area contributed by atoms with Gasteiger partial charge in [-0.05, 0) is 17.7 Å². The van der Waals surface area contributed by atoms with Crippen molar-refractivity contribution in [1.29, 1.82) is 0 Å². The van der Waals surface area contributed by atoms with Gasteiger partial charge in [-0.2, -0.15) is 0 Å². The molecule has 2 rings (SSSR count). The number of ether oxygens (including phenoxy) is 1. The zero-order chi connectivity index (χ0) is 12.6. The minimum Gasteiger partial charge on any atom is -0.495 e. The Morgan fingerprint density at radius 1 is 1.00 bits per heavy atom. The van der Waals surface area contributed by atoms with Gasteiger partial charge in [-0.25, -0.2) is 0 Å². The highest BCUT2D eigenvalue weighted by Crippen LogP contribution is 2.22. The first-order valence-corrected chi connectivity index (χ1v) is 5.98. The summed E-state index contributed by atoms with van der Waals surface area (Å²) in [7, 11) is 1.68. The molecule has 2 nitrogen and oxygen atoms in total. The minimum absolute atomic E-state index is 0.773. The summed E-state index contributed by atoms with van der Waals surface area (Å²) in [5.74, 6) is 0.866. The first-order valence-electron chi connectivity index (χ1n) is 5.98. The zero-order valence-corrected chi connectivity index (χ0v) is 10.5. The summed E-state index contributed by atoms with van der Waals surface area (Å²) in [6.45, 7) is 0.773. The standard InChI is InChI=1S/C16H17NO/c1-18-16-12-6-5-11-15(16)17-13-7-10-14-8-3-2-4-9-14/h2-12,17H,13H2,1H3/b10-7+. The van der Waals surface area contributed by atoms with E-state index in [0.717, 1.165) is 18.0 Å². The molecule has 2 aromatic rings. The Labute approximate surface area is 108 Å². The first kappa shape index (κ1) is 12.2. The van der Waals surface area contributed by atoms with Gasteiger partial charge in [-0.3, -0.25) is 0 Å². The molecule has 2 heteroatoms. The van der Waals surface area contributed by atoms with Crippen LogP contribution in [0.3, 0.4) is 0 Å². The lowest BCUT2D eigenvalue weighted by atomic mass is 10.2. The Morgan fingerprint density at radius 2 is 1.72 bits per heavy atom. The maximum absolute atomic E-state index is 5.27. The van der Waals surface area contributed by atoms with Gasteiger partial charge in [0.2, 0.25) is 0 Å². The molecule has 0 unspecified atom stereocenters. The quantitative estimate of drug-likeness (QED) is 0.856. The fourth-order valence-electron chi connectivity index (χ4n) is 1.72. The van der Waals surface area contributed by atoms with Crippen LogP contribution in [0, 0.1) is 0 Å². The van der Waals surface area contributed by atoms with E-state index in [9.17, 15) is 0 Å². The van der Waals surface area contributed by atoms with E-state index in [4.69, 9.17) is 4.74 Å². The predicted octanol–water partition coefficient (Wildman–Crippen LogP) is 3.82. The molecular formula is C16H17NO. The number of rotatable bonds is 5. The molecule has 0 spiro atoms. The molecular weight excluding hydrogens is 222 g/mol. The van der Waals surface area contributed by atoms with Crippen LogP contribution in [-0.4, -0.2) is 13.7 Å². The van der Waals surface area contributed by atoms with Gasteiger partial charge in [0.1, 0.15) is 5.75 Å². The van der Waals surface area contributed by atoms with Crippen molar-refractivity contribution in [2.24, 2.45) is 0 Å². The lowest BCUT2D eigenvalue weighted by molar-refractivity contribution is 0.416. The summed E-state index contributed by atoms with van der Waals surface area (Å²) >= 11 is 0. The molecule has 0 aliphatic heterocycles. The second-order valence-electron chi connectivity index (χ2n) is 3.89. The van der Waals surface area contributed by atoms with Crippen LogP contribution in [-0.2, 0) is 0 Å². The summed E-state index contributed by atoms with van der Waals surface area (Å²) in [6, 6.07) is 18.2. The SMILES string of the molecule is COc1ccccc1NC/C=C/c1ccccc1. The van der Waals surface area contributed by atoms with Crippen molar-refractivity contribution in [3.8, 4) is 5.75 Å². The van der Waals surface area contributed by atoms with Crippen molar-refractivity contribution in [2.75, 3.05) is 19.0 Å². The van der Waals surface area contributed by atoms with Crippen LogP contribution >= 0.6 is 0 Å². The van der Waals surface area contributed by atoms with E-state index >= 15 is 0 Å². The number of hydrogen-bond acceptors (Lipinski definition) is 2. The van der Waals surface area contributed by atoms with E-state index in [1.807, 2.05) is 42.5 Å². The Kier molecular flexibility index (Phi) is 4.42. The Balaban J connectivity index is 1.91. The molecule has 18 heavy (non-hydrogen) atoms. The fraction of sp³-hybridized carbons (Fsp3) is 0.125. The number of para-hydroxylation sites is 2. The monoisotopic (exact) mass is 239 g/mol. The molecule has 0 atom stereocenters. The van der Waals surface area contributed by atoms with Gasteiger partial charge in [-0.15, -0.1) is 0 Å². The zero-order valence-electron chi connectivity index (χ0n) is 10.5. The minimum atomic E-state index is 0.773. The largest absolute Gasteiger partial charge is 0.495 e. The van der Waals surface area contributed by atoms with Crippen LogP contribution in [0.5, 0.6) is 5.75 Å². The predicted molar refractivity (Wildman–Crippen MR) is 77.0 cm³/mol. The first-order chi connectivity index (χ1) is 8.90. The third kappa shape index (κ3) is 3.39. The van der Waals surface area contributed by atoms with Crippen LogP contribution in [0.25, 0.3) is 6.08 Å². The van der Waals surface area contributed by atoms with Crippen LogP contribution in [0.4, 0.5) is 5.69 Å². The molecule has 0 amide bonds. The molecule has 0 fully saturated rings. The number of methoxy groups -OCH3 is 1. The topological polar surface area (TPSA) is 21.3 Å². The maximum Gasteiger partial charge on any atom is 0.141 e. The van der Waals surface area contributed by atoms with E-state index in [1.165, 1.54) is 5.56 Å². The number of anilines is 1. The normalized spacial score (nSPS) is 10.5. The van der Waals surface area contributed by atoms with E-state index in [1.54, 1.807) is 7.11 Å². The van der Waals surface area contributed by atoms with Gasteiger partial charge < -0.3 is 10.1 Å². The highest BCUT2D eigenvalue weighted by Gasteiger charge is 1.97. The summed E-state index contributed by atoms with van der Waals surface area (Å²) in [4.78, 5) is 0. The van der Waals surface area contributed by atoms with Crippen molar-refractivity contribution >= 4 is 11.8 Å². The lowest BCUT2D eigenvalue weighted by Crippen LogP contribution is -2.00. The van der Waals surface area contributed by atoms with Crippen LogP contribution < -0.4 is 10.1 Å². The van der Waals surface area contributed by atoms with Gasteiger partial charge >= 0.3 is 0 Å². The van der Waals surface area contributed by atoms with Crippen molar-refractivity contribution in [1.82, 2.24) is 0 Å². The van der Waals surface area contributed by atoms with Gasteiger partial charge in [0, 0.05) is 6.54 Å². The van der Waals surface area contributed by atoms with Gasteiger partial charge in [-0.1, -0.05) is 54.6 Å². The van der Waals surface area contributed by atoms with Crippen LogP contribution in [0.15, 0.2) is 60.7 Å². The maximum atomic E-state index is 5.27. The van der Waals surface area contributed by atoms with E-state index in [-0.39, 0.29) is 0 Å². The highest BCUT2D eigenvalue weighted by atomic mass is 16.5. The molecule has 2 aromatic carbocycles. The summed E-state index contributed by atoms with van der Waals surface area (Å²) < 4.78 is 5.27. The average Bonchev–Trinajstić information content (AvgIpc) is 2.45. The summed E-state index contributed by atoms with van der Waals surface area (Å²) in [5.41, 5.74) is 2.22. The Bertz CT molecular complexity index is 506. The van der Waals surface area contributed by atoms with Gasteiger partial charge in [0.05, 0.1) is 12.8 Å². The van der Waals surface area contributed by atoms with Gasteiger partial charge in [0.25, 0.3) is 0 Å². The number of hydrogen-bond donors (Lipinski definition) is 1. The fourth-order valence-corrected chi connectivity index (χ4v) is 1.72. The molecule has 0 saturated carbocycles. The van der Waals surface area contributed by atoms with Crippen LogP contribution in [0.2, 0.25) is 0 Å². The molecule has 0 aliphatic carbocycles. The highest BCUT2D eigenvalue weighted by molar-refractivity contribution is 5.57. The van der Waals surface area contributed by atoms with E-state index in [0.29, 0.717) is 0 Å². The number of nitrogens with one attached hydrogen (secondary N) is 1. The molecule has 0 bridgehead atoms. The second-order valence-corrected chi connectivity index (χ2v) is 3.89. The molecule has 0 aliphatic rings. The van der Waals surface area contributed by atoms with Crippen molar-refractivity contribution in [3.05, 3.63) is 66.2 Å². The summed E-state index contributed by atoms with van der Waals surface area (Å²) in [5, 5.41) is 3.32. The van der Waals surface area contributed by atoms with Gasteiger partial charge in [0.15, 0.2) is 0 Å². The Hall–Kier alpha value is -2.22. The molecule has 0 radical (unpaired) electrons. The van der Waals surface area contributed by atoms with E-state index < -0.39 is 0 Å². The summed E-state index contributed by atoms with van der Waals surface area (Å²) in [6.07, 6.45) is 4.20. The third-order valence-corrected chi connectivity index (χ3v) is 2.63. The average molecular weight is 239 g/mol. The smallest absolute Gasteiger partial charge is 0.141 e. The van der Waals surface area contributed by atoms with Crippen molar-refractivity contribution < 1.29 is 4.74 Å².